The number of amides is 1. The maximum absolute atomic E-state index is 11.9. The molecule has 0 radical (unpaired) electrons. The number of hydrogen-bond acceptors (Lipinski definition) is 4. The number of aromatic nitrogens is 1. The van der Waals surface area contributed by atoms with Crippen LogP contribution in [-0.4, -0.2) is 35.9 Å². The Morgan fingerprint density at radius 2 is 2.10 bits per heavy atom. The largest absolute Gasteiger partial charge is 0.372 e. The predicted octanol–water partition coefficient (Wildman–Crippen LogP) is 2.00. The van der Waals surface area contributed by atoms with Gasteiger partial charge in [0.2, 0.25) is 5.91 Å². The molecule has 1 atom stereocenters. The topological polar surface area (TPSA) is 69.0 Å². The molecule has 1 amide bonds. The van der Waals surface area contributed by atoms with E-state index in [-0.39, 0.29) is 5.91 Å². The summed E-state index contributed by atoms with van der Waals surface area (Å²) in [5.74, 6) is -0.0465. The molecule has 1 unspecified atom stereocenters. The van der Waals surface area contributed by atoms with Crippen LogP contribution in [0.2, 0.25) is 0 Å². The van der Waals surface area contributed by atoms with Gasteiger partial charge in [-0.25, -0.2) is 0 Å². The third-order valence-corrected chi connectivity index (χ3v) is 3.07. The number of benzene rings is 1. The van der Waals surface area contributed by atoms with Crippen LogP contribution in [0.4, 0.5) is 5.69 Å². The van der Waals surface area contributed by atoms with Crippen molar-refractivity contribution >= 4 is 22.5 Å². The molecule has 2 aromatic rings. The van der Waals surface area contributed by atoms with Crippen LogP contribution in [0.15, 0.2) is 30.5 Å². The second-order valence-corrected chi connectivity index (χ2v) is 4.77. The fourth-order valence-corrected chi connectivity index (χ4v) is 2.05. The molecule has 1 aromatic heterocycles. The molecule has 2 rings (SSSR count). The van der Waals surface area contributed by atoms with Crippen LogP contribution in [-0.2, 0) is 4.79 Å². The highest BCUT2D eigenvalue weighted by atomic mass is 16.2. The SMILES string of the molecule is CC(Nc1c(C#N)cnc2ccccc12)C(=O)N(C)C. The molecule has 0 spiro atoms. The first-order valence-corrected chi connectivity index (χ1v) is 6.30. The van der Waals surface area contributed by atoms with Crippen molar-refractivity contribution in [3.63, 3.8) is 0 Å². The fourth-order valence-electron chi connectivity index (χ4n) is 2.05. The van der Waals surface area contributed by atoms with Crippen LogP contribution in [0, 0.1) is 11.3 Å². The molecule has 5 heteroatoms. The Hall–Kier alpha value is -2.61. The number of para-hydroxylation sites is 1. The molecule has 5 nitrogen and oxygen atoms in total. The molecule has 0 aliphatic heterocycles. The Bertz CT molecular complexity index is 688. The molecule has 0 saturated heterocycles. The van der Waals surface area contributed by atoms with Gasteiger partial charge in [0.25, 0.3) is 0 Å². The molecule has 0 aliphatic carbocycles. The summed E-state index contributed by atoms with van der Waals surface area (Å²) < 4.78 is 0. The number of carbonyl (C=O) groups excluding carboxylic acids is 1. The molecule has 0 aliphatic rings. The number of hydrogen-bond donors (Lipinski definition) is 1. The molecular weight excluding hydrogens is 252 g/mol. The monoisotopic (exact) mass is 268 g/mol. The zero-order valence-corrected chi connectivity index (χ0v) is 11.7. The fraction of sp³-hybridized carbons (Fsp3) is 0.267. The second-order valence-electron chi connectivity index (χ2n) is 4.77. The highest BCUT2D eigenvalue weighted by Gasteiger charge is 2.17. The minimum absolute atomic E-state index is 0.0465. The van der Waals surface area contributed by atoms with E-state index >= 15 is 0 Å². The third-order valence-electron chi connectivity index (χ3n) is 3.07. The van der Waals surface area contributed by atoms with E-state index in [0.29, 0.717) is 11.3 Å². The minimum atomic E-state index is -0.414. The van der Waals surface area contributed by atoms with Gasteiger partial charge in [-0.05, 0) is 13.0 Å². The number of likely N-dealkylation sites (N-methyl/N-ethyl adjacent to an activating group) is 1. The summed E-state index contributed by atoms with van der Waals surface area (Å²) in [6.45, 7) is 1.78. The second kappa shape index (κ2) is 5.57. The first-order chi connectivity index (χ1) is 9.54. The summed E-state index contributed by atoms with van der Waals surface area (Å²) in [7, 11) is 3.41. The van der Waals surface area contributed by atoms with Gasteiger partial charge in [-0.1, -0.05) is 18.2 Å². The van der Waals surface area contributed by atoms with Gasteiger partial charge in [-0.3, -0.25) is 9.78 Å². The van der Waals surface area contributed by atoms with Gasteiger partial charge >= 0.3 is 0 Å². The number of anilines is 1. The Balaban J connectivity index is 2.47. The van der Waals surface area contributed by atoms with E-state index in [4.69, 9.17) is 0 Å². The van der Waals surface area contributed by atoms with Gasteiger partial charge < -0.3 is 10.2 Å². The summed E-state index contributed by atoms with van der Waals surface area (Å²) >= 11 is 0. The zero-order chi connectivity index (χ0) is 14.7. The van der Waals surface area contributed by atoms with E-state index in [1.807, 2.05) is 24.3 Å². The molecule has 0 fully saturated rings. The van der Waals surface area contributed by atoms with E-state index in [2.05, 4.69) is 16.4 Å². The number of nitrogens with zero attached hydrogens (tertiary/aromatic N) is 3. The molecule has 20 heavy (non-hydrogen) atoms. The zero-order valence-electron chi connectivity index (χ0n) is 11.7. The van der Waals surface area contributed by atoms with Crippen LogP contribution >= 0.6 is 0 Å². The third kappa shape index (κ3) is 2.54. The first kappa shape index (κ1) is 13.8. The molecule has 0 saturated carbocycles. The van der Waals surface area contributed by atoms with Crippen molar-refractivity contribution in [1.29, 1.82) is 5.26 Å². The van der Waals surface area contributed by atoms with Gasteiger partial charge in [-0.15, -0.1) is 0 Å². The number of pyridine rings is 1. The highest BCUT2D eigenvalue weighted by molar-refractivity contribution is 5.96. The van der Waals surface area contributed by atoms with Crippen molar-refractivity contribution in [2.75, 3.05) is 19.4 Å². The summed E-state index contributed by atoms with van der Waals surface area (Å²) in [4.78, 5) is 17.7. The summed E-state index contributed by atoms with van der Waals surface area (Å²) in [5.41, 5.74) is 1.88. The summed E-state index contributed by atoms with van der Waals surface area (Å²) in [5, 5.41) is 13.2. The first-order valence-electron chi connectivity index (χ1n) is 6.30. The van der Waals surface area contributed by atoms with E-state index in [1.54, 1.807) is 21.0 Å². The number of rotatable bonds is 3. The van der Waals surface area contributed by atoms with Gasteiger partial charge in [0.05, 0.1) is 16.8 Å². The number of fused-ring (bicyclic) bond motifs is 1. The lowest BCUT2D eigenvalue weighted by Gasteiger charge is -2.20. The Labute approximate surface area is 117 Å². The van der Waals surface area contributed by atoms with Crippen LogP contribution in [0.1, 0.15) is 12.5 Å². The smallest absolute Gasteiger partial charge is 0.244 e. The van der Waals surface area contributed by atoms with Gasteiger partial charge in [-0.2, -0.15) is 5.26 Å². The normalized spacial score (nSPS) is 11.7. The quantitative estimate of drug-likeness (QED) is 0.924. The summed E-state index contributed by atoms with van der Waals surface area (Å²) in [6.07, 6.45) is 1.53. The van der Waals surface area contributed by atoms with Crippen molar-refractivity contribution in [2.45, 2.75) is 13.0 Å². The maximum atomic E-state index is 11.9. The Morgan fingerprint density at radius 3 is 2.75 bits per heavy atom. The van der Waals surface area contributed by atoms with Crippen molar-refractivity contribution < 1.29 is 4.79 Å². The van der Waals surface area contributed by atoms with Gasteiger partial charge in [0.15, 0.2) is 0 Å². The average Bonchev–Trinajstić information content (AvgIpc) is 2.46. The van der Waals surface area contributed by atoms with Crippen LogP contribution in [0.5, 0.6) is 0 Å². The van der Waals surface area contributed by atoms with E-state index in [9.17, 15) is 10.1 Å². The van der Waals surface area contributed by atoms with Crippen molar-refractivity contribution in [3.8, 4) is 6.07 Å². The number of carbonyl (C=O) groups is 1. The van der Waals surface area contributed by atoms with Crippen molar-refractivity contribution in [3.05, 3.63) is 36.0 Å². The highest BCUT2D eigenvalue weighted by Crippen LogP contribution is 2.26. The minimum Gasteiger partial charge on any atom is -0.372 e. The number of nitrogens with one attached hydrogen (secondary N) is 1. The lowest BCUT2D eigenvalue weighted by Crippen LogP contribution is -2.36. The molecule has 0 bridgehead atoms. The van der Waals surface area contributed by atoms with Gasteiger partial charge in [0, 0.05) is 25.7 Å². The lowest BCUT2D eigenvalue weighted by molar-refractivity contribution is -0.129. The van der Waals surface area contributed by atoms with Crippen LogP contribution in [0.25, 0.3) is 10.9 Å². The van der Waals surface area contributed by atoms with E-state index in [1.165, 1.54) is 11.1 Å². The molecular formula is C15H16N4O. The average molecular weight is 268 g/mol. The van der Waals surface area contributed by atoms with E-state index < -0.39 is 6.04 Å². The predicted molar refractivity (Wildman–Crippen MR) is 78.2 cm³/mol. The van der Waals surface area contributed by atoms with Crippen molar-refractivity contribution in [2.24, 2.45) is 0 Å². The molecule has 1 N–H and O–H groups in total. The standard InChI is InChI=1S/C15H16N4O/c1-10(15(20)19(2)3)18-14-11(8-16)9-17-13-7-5-4-6-12(13)14/h4-7,9-10H,1-3H3,(H,17,18). The van der Waals surface area contributed by atoms with Crippen molar-refractivity contribution in [1.82, 2.24) is 9.88 Å². The van der Waals surface area contributed by atoms with Gasteiger partial charge in [0.1, 0.15) is 12.1 Å². The summed E-state index contributed by atoms with van der Waals surface area (Å²) in [6, 6.07) is 9.23. The molecule has 1 heterocycles. The molecule has 1 aromatic carbocycles. The Kier molecular flexibility index (Phi) is 3.85. The van der Waals surface area contributed by atoms with E-state index in [0.717, 1.165) is 10.9 Å². The maximum Gasteiger partial charge on any atom is 0.244 e. The Morgan fingerprint density at radius 1 is 1.40 bits per heavy atom. The van der Waals surface area contributed by atoms with Crippen LogP contribution in [0.3, 0.4) is 0 Å². The van der Waals surface area contributed by atoms with Crippen LogP contribution < -0.4 is 5.32 Å². The molecule has 102 valence electrons. The lowest BCUT2D eigenvalue weighted by atomic mass is 10.1. The number of nitriles is 1.